The van der Waals surface area contributed by atoms with Gasteiger partial charge in [0.25, 0.3) is 0 Å². The number of carbonyl (C=O) groups is 1. The van der Waals surface area contributed by atoms with Gasteiger partial charge in [-0.2, -0.15) is 4.37 Å². The van der Waals surface area contributed by atoms with Crippen molar-refractivity contribution < 1.29 is 4.79 Å². The van der Waals surface area contributed by atoms with E-state index in [-0.39, 0.29) is 11.8 Å². The molecule has 0 saturated carbocycles. The summed E-state index contributed by atoms with van der Waals surface area (Å²) in [7, 11) is 0. The maximum Gasteiger partial charge on any atom is 0.229 e. The van der Waals surface area contributed by atoms with Gasteiger partial charge in [-0.15, -0.1) is 6.58 Å². The zero-order valence-corrected chi connectivity index (χ0v) is 10.3. The molecule has 1 aromatic rings. The van der Waals surface area contributed by atoms with E-state index in [0.717, 1.165) is 11.0 Å². The molecule has 0 bridgehead atoms. The monoisotopic (exact) mass is 237 g/mol. The highest BCUT2D eigenvalue weighted by Gasteiger charge is 2.31. The first kappa shape index (κ1) is 11.3. The van der Waals surface area contributed by atoms with Crippen molar-refractivity contribution in [3.05, 3.63) is 18.5 Å². The molecule has 1 aliphatic heterocycles. The van der Waals surface area contributed by atoms with Gasteiger partial charge in [0, 0.05) is 36.3 Å². The molecule has 1 atom stereocenters. The van der Waals surface area contributed by atoms with Crippen LogP contribution in [0.25, 0.3) is 0 Å². The van der Waals surface area contributed by atoms with E-state index >= 15 is 0 Å². The van der Waals surface area contributed by atoms with Crippen molar-refractivity contribution >= 4 is 22.6 Å². The number of carbonyl (C=O) groups excluding carboxylic acids is 1. The van der Waals surface area contributed by atoms with E-state index in [2.05, 4.69) is 15.9 Å². The van der Waals surface area contributed by atoms with Crippen LogP contribution < -0.4 is 4.90 Å². The average molecular weight is 237 g/mol. The summed E-state index contributed by atoms with van der Waals surface area (Å²) in [6.07, 6.45) is 2.38. The maximum atomic E-state index is 11.7. The topological polar surface area (TPSA) is 46.1 Å². The van der Waals surface area contributed by atoms with Gasteiger partial charge in [-0.1, -0.05) is 19.9 Å². The van der Waals surface area contributed by atoms with Crippen LogP contribution in [0.1, 0.15) is 32.0 Å². The Morgan fingerprint density at radius 3 is 2.88 bits per heavy atom. The molecule has 0 spiro atoms. The molecular formula is C11H15N3OS. The molecule has 1 amide bonds. The van der Waals surface area contributed by atoms with Gasteiger partial charge in [0.05, 0.1) is 0 Å². The molecule has 86 valence electrons. The van der Waals surface area contributed by atoms with Crippen molar-refractivity contribution in [2.24, 2.45) is 5.92 Å². The Labute approximate surface area is 99.2 Å². The summed E-state index contributed by atoms with van der Waals surface area (Å²) >= 11 is 1.30. The van der Waals surface area contributed by atoms with E-state index in [4.69, 9.17) is 0 Å². The molecule has 4 nitrogen and oxygen atoms in total. The van der Waals surface area contributed by atoms with E-state index in [1.54, 1.807) is 4.90 Å². The van der Waals surface area contributed by atoms with Crippen molar-refractivity contribution in [3.63, 3.8) is 0 Å². The lowest BCUT2D eigenvalue weighted by atomic mass is 10.1. The van der Waals surface area contributed by atoms with E-state index in [0.29, 0.717) is 18.9 Å². The fourth-order valence-electron chi connectivity index (χ4n) is 1.65. The maximum absolute atomic E-state index is 11.7. The van der Waals surface area contributed by atoms with E-state index in [9.17, 15) is 4.79 Å². The van der Waals surface area contributed by atoms with Crippen LogP contribution in [0.4, 0.5) is 5.13 Å². The molecule has 1 unspecified atom stereocenters. The summed E-state index contributed by atoms with van der Waals surface area (Å²) in [5, 5.41) is 0.720. The molecule has 1 aliphatic rings. The standard InChI is InChI=1S/C11H15N3OS/c1-4-8-5-9(15)14(6-8)11-12-10(7(2)3)13-16-11/h4,7-8H,1,5-6H2,2-3H3. The summed E-state index contributed by atoms with van der Waals surface area (Å²) in [6.45, 7) is 8.51. The second-order valence-corrected chi connectivity index (χ2v) is 5.02. The second kappa shape index (κ2) is 4.33. The molecule has 0 radical (unpaired) electrons. The first-order valence-corrected chi connectivity index (χ1v) is 6.15. The van der Waals surface area contributed by atoms with Crippen LogP contribution >= 0.6 is 11.5 Å². The minimum absolute atomic E-state index is 0.122. The molecule has 0 aliphatic carbocycles. The fourth-order valence-corrected chi connectivity index (χ4v) is 2.48. The van der Waals surface area contributed by atoms with Crippen molar-refractivity contribution in [1.29, 1.82) is 0 Å². The fraction of sp³-hybridized carbons (Fsp3) is 0.545. The molecule has 1 saturated heterocycles. The minimum Gasteiger partial charge on any atom is -0.286 e. The molecule has 2 heterocycles. The van der Waals surface area contributed by atoms with Gasteiger partial charge in [0.15, 0.2) is 0 Å². The normalized spacial score (nSPS) is 20.8. The smallest absolute Gasteiger partial charge is 0.229 e. The number of amides is 1. The SMILES string of the molecule is C=CC1CC(=O)N(c2nc(C(C)C)ns2)C1. The van der Waals surface area contributed by atoms with Crippen LogP contribution in [0.15, 0.2) is 12.7 Å². The number of hydrogen-bond acceptors (Lipinski definition) is 4. The molecule has 0 aromatic carbocycles. The zero-order valence-electron chi connectivity index (χ0n) is 9.51. The molecule has 2 rings (SSSR count). The van der Waals surface area contributed by atoms with Gasteiger partial charge in [-0.05, 0) is 0 Å². The summed E-state index contributed by atoms with van der Waals surface area (Å²) in [5.74, 6) is 1.49. The Kier molecular flexibility index (Phi) is 3.05. The molecule has 0 N–H and O–H groups in total. The first-order chi connectivity index (χ1) is 7.61. The van der Waals surface area contributed by atoms with Crippen LogP contribution in [-0.2, 0) is 4.79 Å². The highest BCUT2D eigenvalue weighted by atomic mass is 32.1. The molecule has 1 aromatic heterocycles. The Hall–Kier alpha value is -1.23. The Bertz CT molecular complexity index is 413. The lowest BCUT2D eigenvalue weighted by Crippen LogP contribution is -2.24. The lowest BCUT2D eigenvalue weighted by Gasteiger charge is -2.10. The highest BCUT2D eigenvalue weighted by molar-refractivity contribution is 7.09. The largest absolute Gasteiger partial charge is 0.286 e. The Balaban J connectivity index is 2.18. The van der Waals surface area contributed by atoms with Gasteiger partial charge < -0.3 is 0 Å². The average Bonchev–Trinajstić information content (AvgIpc) is 2.83. The lowest BCUT2D eigenvalue weighted by molar-refractivity contribution is -0.117. The van der Waals surface area contributed by atoms with Crippen LogP contribution in [0, 0.1) is 5.92 Å². The number of anilines is 1. The molecule has 16 heavy (non-hydrogen) atoms. The predicted octanol–water partition coefficient (Wildman–Crippen LogP) is 2.20. The third kappa shape index (κ3) is 2.00. The van der Waals surface area contributed by atoms with Crippen molar-refractivity contribution in [1.82, 2.24) is 9.36 Å². The van der Waals surface area contributed by atoms with Gasteiger partial charge in [0.1, 0.15) is 5.82 Å². The van der Waals surface area contributed by atoms with Crippen LogP contribution in [0.2, 0.25) is 0 Å². The van der Waals surface area contributed by atoms with Crippen molar-refractivity contribution in [2.45, 2.75) is 26.2 Å². The van der Waals surface area contributed by atoms with Gasteiger partial charge in [-0.3, -0.25) is 9.69 Å². The van der Waals surface area contributed by atoms with Gasteiger partial charge in [0.2, 0.25) is 11.0 Å². The number of aromatic nitrogens is 2. The summed E-state index contributed by atoms with van der Waals surface area (Å²) in [4.78, 5) is 17.8. The van der Waals surface area contributed by atoms with Crippen LogP contribution in [0.3, 0.4) is 0 Å². The van der Waals surface area contributed by atoms with Gasteiger partial charge in [-0.25, -0.2) is 4.98 Å². The summed E-state index contributed by atoms with van der Waals surface area (Å²) < 4.78 is 4.26. The number of rotatable bonds is 3. The number of nitrogens with zero attached hydrogens (tertiary/aromatic N) is 3. The Morgan fingerprint density at radius 2 is 2.38 bits per heavy atom. The molecular weight excluding hydrogens is 222 g/mol. The summed E-state index contributed by atoms with van der Waals surface area (Å²) in [6, 6.07) is 0. The third-order valence-corrected chi connectivity index (χ3v) is 3.42. The highest BCUT2D eigenvalue weighted by Crippen LogP contribution is 2.28. The third-order valence-electron chi connectivity index (χ3n) is 2.67. The van der Waals surface area contributed by atoms with Crippen molar-refractivity contribution in [3.8, 4) is 0 Å². The first-order valence-electron chi connectivity index (χ1n) is 5.38. The predicted molar refractivity (Wildman–Crippen MR) is 64.7 cm³/mol. The molecule has 5 heteroatoms. The summed E-state index contributed by atoms with van der Waals surface area (Å²) in [5.41, 5.74) is 0. The van der Waals surface area contributed by atoms with Gasteiger partial charge >= 0.3 is 0 Å². The van der Waals surface area contributed by atoms with E-state index < -0.39 is 0 Å². The second-order valence-electron chi connectivity index (χ2n) is 4.29. The van der Waals surface area contributed by atoms with Crippen molar-refractivity contribution in [2.75, 3.05) is 11.4 Å². The van der Waals surface area contributed by atoms with Crippen LogP contribution in [0.5, 0.6) is 0 Å². The Morgan fingerprint density at radius 1 is 1.62 bits per heavy atom. The number of hydrogen-bond donors (Lipinski definition) is 0. The molecule has 1 fully saturated rings. The van der Waals surface area contributed by atoms with Crippen LogP contribution in [-0.4, -0.2) is 21.8 Å². The van der Waals surface area contributed by atoms with E-state index in [1.165, 1.54) is 11.5 Å². The minimum atomic E-state index is 0.122. The zero-order chi connectivity index (χ0) is 11.7. The van der Waals surface area contributed by atoms with E-state index in [1.807, 2.05) is 19.9 Å². The quantitative estimate of drug-likeness (QED) is 0.757.